The van der Waals surface area contributed by atoms with Crippen molar-refractivity contribution in [1.29, 1.82) is 0 Å². The zero-order chi connectivity index (χ0) is 7.98. The second-order valence-electron chi connectivity index (χ2n) is 3.29. The van der Waals surface area contributed by atoms with Crippen molar-refractivity contribution in [1.82, 2.24) is 0 Å². The van der Waals surface area contributed by atoms with Gasteiger partial charge in [-0.2, -0.15) is 0 Å². The molecule has 1 radical (unpaired) electrons. The third kappa shape index (κ3) is 3.92. The predicted octanol–water partition coefficient (Wildman–Crippen LogP) is 3.67. The lowest BCUT2D eigenvalue weighted by Crippen LogP contribution is -2.06. The van der Waals surface area contributed by atoms with Gasteiger partial charge in [-0.3, -0.25) is 0 Å². The Bertz CT molecular complexity index is 66.4. The maximum Gasteiger partial charge on any atom is -0.0388 e. The molecule has 0 N–H and O–H groups in total. The summed E-state index contributed by atoms with van der Waals surface area (Å²) in [5.74, 6) is 1.50. The fraction of sp³-hybridized carbons (Fsp3) is 0.900. The molecule has 0 aromatic carbocycles. The zero-order valence-electron chi connectivity index (χ0n) is 7.69. The van der Waals surface area contributed by atoms with Gasteiger partial charge in [-0.25, -0.2) is 0 Å². The molecular weight excluding hydrogens is 120 g/mol. The summed E-state index contributed by atoms with van der Waals surface area (Å²) in [5.41, 5.74) is 0. The van der Waals surface area contributed by atoms with Crippen molar-refractivity contribution in [3.8, 4) is 0 Å². The van der Waals surface area contributed by atoms with Crippen molar-refractivity contribution in [3.05, 3.63) is 6.92 Å². The summed E-state index contributed by atoms with van der Waals surface area (Å²) >= 11 is 0. The Labute approximate surface area is 66.0 Å². The molecule has 61 valence electrons. The van der Waals surface area contributed by atoms with Crippen LogP contribution in [0.3, 0.4) is 0 Å². The average molecular weight is 141 g/mol. The van der Waals surface area contributed by atoms with Crippen molar-refractivity contribution < 1.29 is 0 Å². The van der Waals surface area contributed by atoms with Gasteiger partial charge in [0.2, 0.25) is 0 Å². The lowest BCUT2D eigenvalue weighted by atomic mass is 9.89. The number of rotatable bonds is 5. The molecule has 0 aromatic heterocycles. The first-order valence-corrected chi connectivity index (χ1v) is 4.55. The van der Waals surface area contributed by atoms with Gasteiger partial charge in [0.15, 0.2) is 0 Å². The first-order valence-electron chi connectivity index (χ1n) is 4.55. The van der Waals surface area contributed by atoms with Gasteiger partial charge in [0.25, 0.3) is 0 Å². The maximum atomic E-state index is 4.15. The highest BCUT2D eigenvalue weighted by atomic mass is 14.1. The van der Waals surface area contributed by atoms with Crippen molar-refractivity contribution >= 4 is 0 Å². The standard InChI is InChI=1S/C10H21/c1-5-7-8-10(4)9(3)6-2/h9-10H,4-8H2,1-3H3. The normalized spacial score (nSPS) is 16.8. The minimum absolute atomic E-state index is 0.685. The molecule has 0 fully saturated rings. The Morgan fingerprint density at radius 2 is 1.90 bits per heavy atom. The average Bonchev–Trinajstić information content (AvgIpc) is 1.98. The van der Waals surface area contributed by atoms with Crippen LogP contribution in [0.15, 0.2) is 0 Å². The first kappa shape index (κ1) is 10.0. The Balaban J connectivity index is 3.31. The summed E-state index contributed by atoms with van der Waals surface area (Å²) < 4.78 is 0. The van der Waals surface area contributed by atoms with E-state index in [-0.39, 0.29) is 0 Å². The minimum atomic E-state index is 0.685. The van der Waals surface area contributed by atoms with Gasteiger partial charge in [-0.15, -0.1) is 0 Å². The quantitative estimate of drug-likeness (QED) is 0.548. The molecule has 0 aliphatic rings. The van der Waals surface area contributed by atoms with E-state index in [9.17, 15) is 0 Å². The molecule has 10 heavy (non-hydrogen) atoms. The summed E-state index contributed by atoms with van der Waals surface area (Å²) in [5, 5.41) is 0. The van der Waals surface area contributed by atoms with Gasteiger partial charge < -0.3 is 0 Å². The summed E-state index contributed by atoms with van der Waals surface area (Å²) in [6.07, 6.45) is 5.24. The molecule has 2 atom stereocenters. The fourth-order valence-electron chi connectivity index (χ4n) is 1.08. The van der Waals surface area contributed by atoms with Crippen LogP contribution in [0.4, 0.5) is 0 Å². The van der Waals surface area contributed by atoms with Gasteiger partial charge in [0, 0.05) is 0 Å². The lowest BCUT2D eigenvalue weighted by Gasteiger charge is -2.16. The second-order valence-corrected chi connectivity index (χ2v) is 3.29. The van der Waals surface area contributed by atoms with E-state index in [1.165, 1.54) is 25.7 Å². The summed E-state index contributed by atoms with van der Waals surface area (Å²) in [7, 11) is 0. The highest BCUT2D eigenvalue weighted by Crippen LogP contribution is 2.19. The van der Waals surface area contributed by atoms with Crippen LogP contribution in [0.1, 0.15) is 46.5 Å². The third-order valence-electron chi connectivity index (χ3n) is 2.38. The van der Waals surface area contributed by atoms with Crippen molar-refractivity contribution in [3.63, 3.8) is 0 Å². The van der Waals surface area contributed by atoms with Gasteiger partial charge in [-0.05, 0) is 18.8 Å². The third-order valence-corrected chi connectivity index (χ3v) is 2.38. The molecule has 0 spiro atoms. The SMILES string of the molecule is [CH2]C(CCCC)C(C)CC. The van der Waals surface area contributed by atoms with Gasteiger partial charge >= 0.3 is 0 Å². The van der Waals surface area contributed by atoms with Gasteiger partial charge in [0.1, 0.15) is 0 Å². The van der Waals surface area contributed by atoms with E-state index < -0.39 is 0 Å². The van der Waals surface area contributed by atoms with Crippen LogP contribution >= 0.6 is 0 Å². The van der Waals surface area contributed by atoms with Crippen molar-refractivity contribution in [2.24, 2.45) is 11.8 Å². The van der Waals surface area contributed by atoms with E-state index in [1.807, 2.05) is 0 Å². The predicted molar refractivity (Wildman–Crippen MR) is 47.8 cm³/mol. The molecule has 0 saturated heterocycles. The monoisotopic (exact) mass is 141 g/mol. The molecule has 0 nitrogen and oxygen atoms in total. The lowest BCUT2D eigenvalue weighted by molar-refractivity contribution is 0.380. The van der Waals surface area contributed by atoms with E-state index in [4.69, 9.17) is 0 Å². The van der Waals surface area contributed by atoms with E-state index in [2.05, 4.69) is 27.7 Å². The summed E-state index contributed by atoms with van der Waals surface area (Å²) in [6, 6.07) is 0. The van der Waals surface area contributed by atoms with Crippen LogP contribution in [0.25, 0.3) is 0 Å². The van der Waals surface area contributed by atoms with Crippen LogP contribution in [-0.2, 0) is 0 Å². The maximum absolute atomic E-state index is 4.15. The summed E-state index contributed by atoms with van der Waals surface area (Å²) in [4.78, 5) is 0. The Morgan fingerprint density at radius 3 is 2.30 bits per heavy atom. The number of unbranched alkanes of at least 4 members (excludes halogenated alkanes) is 1. The largest absolute Gasteiger partial charge is 0.0654 e. The molecule has 0 saturated carbocycles. The molecule has 0 aliphatic heterocycles. The number of hydrogen-bond acceptors (Lipinski definition) is 0. The minimum Gasteiger partial charge on any atom is -0.0654 e. The van der Waals surface area contributed by atoms with Crippen LogP contribution in [-0.4, -0.2) is 0 Å². The Kier molecular flexibility index (Phi) is 5.76. The van der Waals surface area contributed by atoms with Crippen molar-refractivity contribution in [2.75, 3.05) is 0 Å². The van der Waals surface area contributed by atoms with E-state index in [1.54, 1.807) is 0 Å². The smallest absolute Gasteiger partial charge is 0.0388 e. The topological polar surface area (TPSA) is 0 Å². The molecule has 0 bridgehead atoms. The molecule has 0 aliphatic carbocycles. The highest BCUT2D eigenvalue weighted by molar-refractivity contribution is 4.66. The van der Waals surface area contributed by atoms with Gasteiger partial charge in [0.05, 0.1) is 0 Å². The van der Waals surface area contributed by atoms with Crippen LogP contribution in [0, 0.1) is 18.8 Å². The second kappa shape index (κ2) is 5.76. The van der Waals surface area contributed by atoms with E-state index in [0.29, 0.717) is 5.92 Å². The Hall–Kier alpha value is 0. The highest BCUT2D eigenvalue weighted by Gasteiger charge is 2.08. The molecule has 2 unspecified atom stereocenters. The van der Waals surface area contributed by atoms with Crippen molar-refractivity contribution in [2.45, 2.75) is 46.5 Å². The fourth-order valence-corrected chi connectivity index (χ4v) is 1.08. The summed E-state index contributed by atoms with van der Waals surface area (Å²) in [6.45, 7) is 10.9. The molecule has 0 aromatic rings. The molecule has 0 heterocycles. The van der Waals surface area contributed by atoms with Crippen LogP contribution < -0.4 is 0 Å². The molecule has 0 amide bonds. The van der Waals surface area contributed by atoms with E-state index >= 15 is 0 Å². The zero-order valence-corrected chi connectivity index (χ0v) is 7.69. The molecule has 0 rings (SSSR count). The number of hydrogen-bond donors (Lipinski definition) is 0. The van der Waals surface area contributed by atoms with Crippen LogP contribution in [0.2, 0.25) is 0 Å². The molecule has 0 heteroatoms. The first-order chi connectivity index (χ1) is 4.72. The van der Waals surface area contributed by atoms with E-state index in [0.717, 1.165) is 5.92 Å². The van der Waals surface area contributed by atoms with Gasteiger partial charge in [-0.1, -0.05) is 46.5 Å². The molecular formula is C10H21. The Morgan fingerprint density at radius 1 is 1.30 bits per heavy atom. The van der Waals surface area contributed by atoms with Crippen LogP contribution in [0.5, 0.6) is 0 Å².